The molecule has 0 atom stereocenters. The van der Waals surface area contributed by atoms with E-state index in [0.717, 1.165) is 29.8 Å². The van der Waals surface area contributed by atoms with Gasteiger partial charge in [0.05, 0.1) is 11.4 Å². The van der Waals surface area contributed by atoms with Crippen LogP contribution in [0.1, 0.15) is 18.7 Å². The van der Waals surface area contributed by atoms with Gasteiger partial charge in [-0.2, -0.15) is 0 Å². The van der Waals surface area contributed by atoms with Gasteiger partial charge in [-0.05, 0) is 25.0 Å². The molecule has 0 unspecified atom stereocenters. The SMILES string of the molecule is ClCc1nc(N2CCCC2)c2ccccc2n1. The van der Waals surface area contributed by atoms with Crippen LogP contribution in [0, 0.1) is 0 Å². The van der Waals surface area contributed by atoms with Gasteiger partial charge >= 0.3 is 0 Å². The highest BCUT2D eigenvalue weighted by atomic mass is 35.5. The Morgan fingerprint density at radius 3 is 2.65 bits per heavy atom. The summed E-state index contributed by atoms with van der Waals surface area (Å²) in [5.41, 5.74) is 0.986. The van der Waals surface area contributed by atoms with Crippen molar-refractivity contribution in [3.63, 3.8) is 0 Å². The van der Waals surface area contributed by atoms with E-state index >= 15 is 0 Å². The monoisotopic (exact) mass is 247 g/mol. The lowest BCUT2D eigenvalue weighted by Gasteiger charge is -2.18. The van der Waals surface area contributed by atoms with Crippen molar-refractivity contribution >= 4 is 28.3 Å². The van der Waals surface area contributed by atoms with Crippen molar-refractivity contribution in [3.05, 3.63) is 30.1 Å². The van der Waals surface area contributed by atoms with Crippen molar-refractivity contribution in [3.8, 4) is 0 Å². The minimum Gasteiger partial charge on any atom is -0.356 e. The molecular formula is C13H14ClN3. The number of aromatic nitrogens is 2. The van der Waals surface area contributed by atoms with Crippen molar-refractivity contribution in [2.24, 2.45) is 0 Å². The van der Waals surface area contributed by atoms with E-state index in [1.165, 1.54) is 12.8 Å². The maximum atomic E-state index is 5.86. The molecule has 4 heteroatoms. The number of alkyl halides is 1. The Bertz CT molecular complexity index is 535. The number of para-hydroxylation sites is 1. The molecule has 17 heavy (non-hydrogen) atoms. The smallest absolute Gasteiger partial charge is 0.146 e. The van der Waals surface area contributed by atoms with Crippen molar-refractivity contribution in [1.29, 1.82) is 0 Å². The van der Waals surface area contributed by atoms with Gasteiger partial charge in [-0.3, -0.25) is 0 Å². The van der Waals surface area contributed by atoms with E-state index in [9.17, 15) is 0 Å². The average molecular weight is 248 g/mol. The first kappa shape index (κ1) is 10.8. The van der Waals surface area contributed by atoms with Crippen LogP contribution >= 0.6 is 11.6 Å². The van der Waals surface area contributed by atoms with Crippen LogP contribution in [0.4, 0.5) is 5.82 Å². The third kappa shape index (κ3) is 1.95. The van der Waals surface area contributed by atoms with Gasteiger partial charge in [0.25, 0.3) is 0 Å². The second kappa shape index (κ2) is 4.49. The zero-order chi connectivity index (χ0) is 11.7. The zero-order valence-electron chi connectivity index (χ0n) is 9.56. The minimum absolute atomic E-state index is 0.367. The van der Waals surface area contributed by atoms with Crippen LogP contribution in [0.2, 0.25) is 0 Å². The van der Waals surface area contributed by atoms with Gasteiger partial charge in [0.15, 0.2) is 0 Å². The van der Waals surface area contributed by atoms with Crippen LogP contribution in [-0.4, -0.2) is 23.1 Å². The molecule has 2 aromatic rings. The Labute approximate surface area is 105 Å². The molecule has 1 aliphatic heterocycles. The largest absolute Gasteiger partial charge is 0.356 e. The molecule has 0 bridgehead atoms. The van der Waals surface area contributed by atoms with Gasteiger partial charge in [0.1, 0.15) is 11.6 Å². The summed E-state index contributed by atoms with van der Waals surface area (Å²) in [5.74, 6) is 2.13. The average Bonchev–Trinajstić information content (AvgIpc) is 2.91. The highest BCUT2D eigenvalue weighted by Crippen LogP contribution is 2.26. The van der Waals surface area contributed by atoms with E-state index < -0.39 is 0 Å². The second-order valence-corrected chi connectivity index (χ2v) is 4.58. The lowest BCUT2D eigenvalue weighted by atomic mass is 10.2. The van der Waals surface area contributed by atoms with Crippen LogP contribution in [-0.2, 0) is 5.88 Å². The summed E-state index contributed by atoms with van der Waals surface area (Å²) >= 11 is 5.86. The third-order valence-corrected chi connectivity index (χ3v) is 3.39. The third-order valence-electron chi connectivity index (χ3n) is 3.15. The predicted molar refractivity (Wildman–Crippen MR) is 70.5 cm³/mol. The van der Waals surface area contributed by atoms with Crippen LogP contribution in [0.3, 0.4) is 0 Å². The summed E-state index contributed by atoms with van der Waals surface area (Å²) in [5, 5.41) is 1.13. The van der Waals surface area contributed by atoms with E-state index in [1.54, 1.807) is 0 Å². The Morgan fingerprint density at radius 2 is 1.88 bits per heavy atom. The molecule has 1 saturated heterocycles. The fourth-order valence-electron chi connectivity index (χ4n) is 2.34. The summed E-state index contributed by atoms with van der Waals surface area (Å²) in [4.78, 5) is 11.4. The molecule has 0 N–H and O–H groups in total. The number of anilines is 1. The molecule has 0 spiro atoms. The molecule has 3 nitrogen and oxygen atoms in total. The number of halogens is 1. The zero-order valence-corrected chi connectivity index (χ0v) is 10.3. The maximum Gasteiger partial charge on any atom is 0.146 e. The number of hydrogen-bond donors (Lipinski definition) is 0. The fraction of sp³-hybridized carbons (Fsp3) is 0.385. The van der Waals surface area contributed by atoms with E-state index in [2.05, 4.69) is 20.9 Å². The first-order chi connectivity index (χ1) is 8.38. The molecule has 0 aliphatic carbocycles. The molecule has 2 heterocycles. The first-order valence-electron chi connectivity index (χ1n) is 5.95. The van der Waals surface area contributed by atoms with Crippen molar-refractivity contribution in [2.45, 2.75) is 18.7 Å². The lowest BCUT2D eigenvalue weighted by Crippen LogP contribution is -2.20. The van der Waals surface area contributed by atoms with E-state index in [0.29, 0.717) is 11.7 Å². The van der Waals surface area contributed by atoms with Gasteiger partial charge in [-0.15, -0.1) is 11.6 Å². The van der Waals surface area contributed by atoms with Gasteiger partial charge in [0, 0.05) is 18.5 Å². The van der Waals surface area contributed by atoms with E-state index in [1.807, 2.05) is 18.2 Å². The van der Waals surface area contributed by atoms with Crippen LogP contribution in [0.5, 0.6) is 0 Å². The topological polar surface area (TPSA) is 29.0 Å². The predicted octanol–water partition coefficient (Wildman–Crippen LogP) is 2.97. The maximum absolute atomic E-state index is 5.86. The van der Waals surface area contributed by atoms with Crippen LogP contribution in [0.25, 0.3) is 10.9 Å². The Kier molecular flexibility index (Phi) is 2.85. The molecule has 1 aromatic heterocycles. The quantitative estimate of drug-likeness (QED) is 0.764. The standard InChI is InChI=1S/C13H14ClN3/c14-9-12-15-11-6-2-1-5-10(11)13(16-12)17-7-3-4-8-17/h1-2,5-6H,3-4,7-9H2. The summed E-state index contributed by atoms with van der Waals surface area (Å²) < 4.78 is 0. The normalized spacial score (nSPS) is 15.7. The second-order valence-electron chi connectivity index (χ2n) is 4.31. The van der Waals surface area contributed by atoms with Gasteiger partial charge < -0.3 is 4.90 Å². The molecule has 1 aliphatic rings. The number of fused-ring (bicyclic) bond motifs is 1. The van der Waals surface area contributed by atoms with Crippen molar-refractivity contribution in [2.75, 3.05) is 18.0 Å². The van der Waals surface area contributed by atoms with Gasteiger partial charge in [-0.25, -0.2) is 9.97 Å². The van der Waals surface area contributed by atoms with Gasteiger partial charge in [0.2, 0.25) is 0 Å². The molecule has 3 rings (SSSR count). The Balaban J connectivity index is 2.19. The summed E-state index contributed by atoms with van der Waals surface area (Å²) in [6.07, 6.45) is 2.49. The molecule has 1 fully saturated rings. The molecule has 0 radical (unpaired) electrons. The summed E-state index contributed by atoms with van der Waals surface area (Å²) in [6, 6.07) is 8.14. The number of hydrogen-bond acceptors (Lipinski definition) is 3. The van der Waals surface area contributed by atoms with Crippen LogP contribution in [0.15, 0.2) is 24.3 Å². The highest BCUT2D eigenvalue weighted by molar-refractivity contribution is 6.16. The Morgan fingerprint density at radius 1 is 1.12 bits per heavy atom. The molecule has 0 amide bonds. The van der Waals surface area contributed by atoms with Crippen LogP contribution < -0.4 is 4.90 Å². The Hall–Kier alpha value is -1.35. The van der Waals surface area contributed by atoms with Crippen molar-refractivity contribution in [1.82, 2.24) is 9.97 Å². The number of rotatable bonds is 2. The van der Waals surface area contributed by atoms with E-state index in [-0.39, 0.29) is 0 Å². The summed E-state index contributed by atoms with van der Waals surface area (Å²) in [6.45, 7) is 2.17. The van der Waals surface area contributed by atoms with E-state index in [4.69, 9.17) is 11.6 Å². The molecule has 0 saturated carbocycles. The molecular weight excluding hydrogens is 234 g/mol. The lowest BCUT2D eigenvalue weighted by molar-refractivity contribution is 0.921. The van der Waals surface area contributed by atoms with Crippen molar-refractivity contribution < 1.29 is 0 Å². The fourth-order valence-corrected chi connectivity index (χ4v) is 2.46. The number of nitrogens with zero attached hydrogens (tertiary/aromatic N) is 3. The minimum atomic E-state index is 0.367. The number of benzene rings is 1. The highest BCUT2D eigenvalue weighted by Gasteiger charge is 2.17. The molecule has 1 aromatic carbocycles. The summed E-state index contributed by atoms with van der Waals surface area (Å²) in [7, 11) is 0. The van der Waals surface area contributed by atoms with Gasteiger partial charge in [-0.1, -0.05) is 12.1 Å². The first-order valence-corrected chi connectivity index (χ1v) is 6.48. The molecule has 88 valence electrons.